The summed E-state index contributed by atoms with van der Waals surface area (Å²) in [5, 5.41) is 23.4. The van der Waals surface area contributed by atoms with Crippen LogP contribution >= 0.6 is 11.3 Å². The zero-order valence-electron chi connectivity index (χ0n) is 11.3. The maximum absolute atomic E-state index is 9.51. The van der Waals surface area contributed by atoms with E-state index in [0.717, 1.165) is 42.2 Å². The van der Waals surface area contributed by atoms with Crippen molar-refractivity contribution in [3.8, 4) is 0 Å². The van der Waals surface area contributed by atoms with Gasteiger partial charge in [0.1, 0.15) is 5.01 Å². The summed E-state index contributed by atoms with van der Waals surface area (Å²) in [6.07, 6.45) is 4.50. The Balaban J connectivity index is 1.57. The van der Waals surface area contributed by atoms with Crippen LogP contribution in [0.15, 0.2) is 30.3 Å². The van der Waals surface area contributed by atoms with Gasteiger partial charge in [-0.1, -0.05) is 41.7 Å². The SMILES string of the molecule is OC1CCC(Nc2nnc(Cc3ccccc3)s2)CC1. The Morgan fingerprint density at radius 2 is 1.85 bits per heavy atom. The van der Waals surface area contributed by atoms with Gasteiger partial charge in [-0.2, -0.15) is 0 Å². The molecule has 2 aromatic rings. The minimum Gasteiger partial charge on any atom is -0.393 e. The minimum atomic E-state index is -0.115. The highest BCUT2D eigenvalue weighted by atomic mass is 32.1. The highest BCUT2D eigenvalue weighted by Gasteiger charge is 2.20. The molecule has 0 aliphatic heterocycles. The lowest BCUT2D eigenvalue weighted by atomic mass is 9.93. The van der Waals surface area contributed by atoms with Gasteiger partial charge < -0.3 is 10.4 Å². The predicted molar refractivity (Wildman–Crippen MR) is 81.0 cm³/mol. The van der Waals surface area contributed by atoms with Gasteiger partial charge >= 0.3 is 0 Å². The Hall–Kier alpha value is -1.46. The molecule has 0 spiro atoms. The highest BCUT2D eigenvalue weighted by Crippen LogP contribution is 2.24. The van der Waals surface area contributed by atoms with E-state index in [2.05, 4.69) is 27.6 Å². The van der Waals surface area contributed by atoms with Gasteiger partial charge in [0, 0.05) is 12.5 Å². The second-order valence-electron chi connectivity index (χ2n) is 5.31. The van der Waals surface area contributed by atoms with Gasteiger partial charge in [-0.15, -0.1) is 10.2 Å². The Morgan fingerprint density at radius 3 is 2.60 bits per heavy atom. The van der Waals surface area contributed by atoms with Crippen molar-refractivity contribution in [3.05, 3.63) is 40.9 Å². The number of aromatic nitrogens is 2. The number of hydrogen-bond acceptors (Lipinski definition) is 5. The first kappa shape index (κ1) is 13.5. The van der Waals surface area contributed by atoms with E-state index in [-0.39, 0.29) is 6.10 Å². The summed E-state index contributed by atoms with van der Waals surface area (Å²) in [4.78, 5) is 0. The number of anilines is 1. The van der Waals surface area contributed by atoms with Crippen molar-refractivity contribution in [2.45, 2.75) is 44.2 Å². The molecule has 3 rings (SSSR count). The Labute approximate surface area is 122 Å². The lowest BCUT2D eigenvalue weighted by molar-refractivity contribution is 0.126. The molecule has 1 aliphatic rings. The molecular weight excluding hydrogens is 270 g/mol. The number of nitrogens with one attached hydrogen (secondary N) is 1. The quantitative estimate of drug-likeness (QED) is 0.908. The molecule has 5 heteroatoms. The van der Waals surface area contributed by atoms with Crippen molar-refractivity contribution < 1.29 is 5.11 Å². The summed E-state index contributed by atoms with van der Waals surface area (Å²) in [5.41, 5.74) is 1.26. The van der Waals surface area contributed by atoms with Gasteiger partial charge in [0.25, 0.3) is 0 Å². The Bertz CT molecular complexity index is 535. The van der Waals surface area contributed by atoms with Crippen LogP contribution in [-0.2, 0) is 6.42 Å². The van der Waals surface area contributed by atoms with Gasteiger partial charge in [0.2, 0.25) is 5.13 Å². The monoisotopic (exact) mass is 289 g/mol. The summed E-state index contributed by atoms with van der Waals surface area (Å²) in [7, 11) is 0. The maximum atomic E-state index is 9.51. The molecule has 4 nitrogen and oxygen atoms in total. The van der Waals surface area contributed by atoms with Gasteiger partial charge in [-0.25, -0.2) is 0 Å². The van der Waals surface area contributed by atoms with Crippen molar-refractivity contribution in [2.24, 2.45) is 0 Å². The van der Waals surface area contributed by atoms with Crippen LogP contribution in [0.5, 0.6) is 0 Å². The summed E-state index contributed by atoms with van der Waals surface area (Å²) in [6, 6.07) is 10.8. The second-order valence-corrected chi connectivity index (χ2v) is 6.38. The molecule has 0 bridgehead atoms. The van der Waals surface area contributed by atoms with E-state index >= 15 is 0 Å². The van der Waals surface area contributed by atoms with Crippen LogP contribution in [0.2, 0.25) is 0 Å². The molecule has 106 valence electrons. The molecule has 1 aliphatic carbocycles. The van der Waals surface area contributed by atoms with Crippen molar-refractivity contribution in [3.63, 3.8) is 0 Å². The summed E-state index contributed by atoms with van der Waals surface area (Å²) in [6.45, 7) is 0. The van der Waals surface area contributed by atoms with Gasteiger partial charge in [-0.3, -0.25) is 0 Å². The van der Waals surface area contributed by atoms with Crippen LogP contribution in [0.4, 0.5) is 5.13 Å². The highest BCUT2D eigenvalue weighted by molar-refractivity contribution is 7.15. The van der Waals surface area contributed by atoms with E-state index in [4.69, 9.17) is 0 Å². The molecule has 0 saturated heterocycles. The van der Waals surface area contributed by atoms with Crippen molar-refractivity contribution in [1.82, 2.24) is 10.2 Å². The predicted octanol–water partition coefficient (Wildman–Crippen LogP) is 2.84. The van der Waals surface area contributed by atoms with Crippen LogP contribution in [0.3, 0.4) is 0 Å². The fourth-order valence-corrected chi connectivity index (χ4v) is 3.40. The Morgan fingerprint density at radius 1 is 1.10 bits per heavy atom. The summed E-state index contributed by atoms with van der Waals surface area (Å²) in [5.74, 6) is 0. The second kappa shape index (κ2) is 6.33. The topological polar surface area (TPSA) is 58.0 Å². The third-order valence-electron chi connectivity index (χ3n) is 3.69. The summed E-state index contributed by atoms with van der Waals surface area (Å²) < 4.78 is 0. The first-order valence-corrected chi connectivity index (χ1v) is 7.92. The largest absolute Gasteiger partial charge is 0.393 e. The zero-order valence-corrected chi connectivity index (χ0v) is 12.1. The van der Waals surface area contributed by atoms with Crippen LogP contribution in [0, 0.1) is 0 Å². The fourth-order valence-electron chi connectivity index (χ4n) is 2.55. The average molecular weight is 289 g/mol. The standard InChI is InChI=1S/C15H19N3OS/c19-13-8-6-12(7-9-13)16-15-18-17-14(20-15)10-11-4-2-1-3-5-11/h1-5,12-13,19H,6-10H2,(H,16,18). The molecule has 20 heavy (non-hydrogen) atoms. The zero-order chi connectivity index (χ0) is 13.8. The Kier molecular flexibility index (Phi) is 4.28. The van der Waals surface area contributed by atoms with Crippen molar-refractivity contribution in [2.75, 3.05) is 5.32 Å². The van der Waals surface area contributed by atoms with E-state index in [1.54, 1.807) is 11.3 Å². The number of benzene rings is 1. The van der Waals surface area contributed by atoms with Crippen molar-refractivity contribution in [1.29, 1.82) is 0 Å². The van der Waals surface area contributed by atoms with E-state index in [1.165, 1.54) is 5.56 Å². The average Bonchev–Trinajstić information content (AvgIpc) is 2.90. The first-order valence-electron chi connectivity index (χ1n) is 7.10. The minimum absolute atomic E-state index is 0.115. The van der Waals surface area contributed by atoms with Crippen LogP contribution in [0.25, 0.3) is 0 Å². The van der Waals surface area contributed by atoms with E-state index < -0.39 is 0 Å². The maximum Gasteiger partial charge on any atom is 0.205 e. The summed E-state index contributed by atoms with van der Waals surface area (Å²) >= 11 is 1.63. The van der Waals surface area contributed by atoms with Gasteiger partial charge in [0.05, 0.1) is 6.10 Å². The normalized spacial score (nSPS) is 22.6. The van der Waals surface area contributed by atoms with E-state index in [9.17, 15) is 5.11 Å². The van der Waals surface area contributed by atoms with Crippen LogP contribution in [0.1, 0.15) is 36.3 Å². The number of aliphatic hydroxyl groups excluding tert-OH is 1. The molecular formula is C15H19N3OS. The van der Waals surface area contributed by atoms with Crippen molar-refractivity contribution >= 4 is 16.5 Å². The molecule has 0 unspecified atom stereocenters. The number of hydrogen-bond donors (Lipinski definition) is 2. The smallest absolute Gasteiger partial charge is 0.205 e. The number of rotatable bonds is 4. The molecule has 0 radical (unpaired) electrons. The van der Waals surface area contributed by atoms with Crippen LogP contribution < -0.4 is 5.32 Å². The molecule has 1 heterocycles. The van der Waals surface area contributed by atoms with Gasteiger partial charge in [-0.05, 0) is 31.2 Å². The molecule has 1 fully saturated rings. The molecule has 1 aromatic carbocycles. The molecule has 1 aromatic heterocycles. The van der Waals surface area contributed by atoms with Crippen LogP contribution in [-0.4, -0.2) is 27.4 Å². The van der Waals surface area contributed by atoms with Gasteiger partial charge in [0.15, 0.2) is 0 Å². The molecule has 1 saturated carbocycles. The van der Waals surface area contributed by atoms with E-state index in [1.807, 2.05) is 18.2 Å². The first-order chi connectivity index (χ1) is 9.79. The number of aliphatic hydroxyl groups is 1. The number of nitrogens with zero attached hydrogens (tertiary/aromatic N) is 2. The van der Waals surface area contributed by atoms with E-state index in [0.29, 0.717) is 6.04 Å². The fraction of sp³-hybridized carbons (Fsp3) is 0.467. The molecule has 0 atom stereocenters. The lowest BCUT2D eigenvalue weighted by Crippen LogP contribution is -2.28. The molecule has 0 amide bonds. The third-order valence-corrected chi connectivity index (χ3v) is 4.54. The lowest BCUT2D eigenvalue weighted by Gasteiger charge is -2.25. The molecule has 2 N–H and O–H groups in total. The third kappa shape index (κ3) is 3.55.